The highest BCUT2D eigenvalue weighted by Crippen LogP contribution is 2.18. The fourth-order valence-corrected chi connectivity index (χ4v) is 2.91. The minimum Gasteiger partial charge on any atom is -0.475 e. The number of halogens is 3. The van der Waals surface area contributed by atoms with E-state index in [2.05, 4.69) is 35.3 Å². The highest BCUT2D eigenvalue weighted by molar-refractivity contribution is 5.92. The molecule has 2 aromatic heterocycles. The summed E-state index contributed by atoms with van der Waals surface area (Å²) in [5.41, 5.74) is 1.95. The minimum atomic E-state index is -5.08. The molecule has 0 saturated carbocycles. The summed E-state index contributed by atoms with van der Waals surface area (Å²) in [6.45, 7) is 7.38. The Morgan fingerprint density at radius 2 is 1.93 bits per heavy atom. The van der Waals surface area contributed by atoms with E-state index >= 15 is 0 Å². The van der Waals surface area contributed by atoms with E-state index in [4.69, 9.17) is 9.90 Å². The number of carboxylic acid groups (broad SMARTS) is 1. The van der Waals surface area contributed by atoms with Crippen LogP contribution in [0.2, 0.25) is 0 Å². The van der Waals surface area contributed by atoms with Crippen LogP contribution in [0.5, 0.6) is 0 Å². The fourth-order valence-electron chi connectivity index (χ4n) is 2.91. The first-order chi connectivity index (χ1) is 13.9. The molecule has 0 spiro atoms. The van der Waals surface area contributed by atoms with Crippen LogP contribution in [-0.2, 0) is 31.5 Å². The molecule has 8 nitrogen and oxygen atoms in total. The van der Waals surface area contributed by atoms with E-state index in [1.807, 2.05) is 41.0 Å². The average molecular weight is 429 g/mol. The number of nitrogens with zero attached hydrogens (tertiary/aromatic N) is 5. The van der Waals surface area contributed by atoms with Gasteiger partial charge in [-0.15, -0.1) is 0 Å². The van der Waals surface area contributed by atoms with Gasteiger partial charge < -0.3 is 19.1 Å². The molecule has 3 rings (SSSR count). The number of rotatable bonds is 4. The smallest absolute Gasteiger partial charge is 0.475 e. The molecule has 0 bridgehead atoms. The molecule has 1 aliphatic heterocycles. The number of carboxylic acids is 1. The van der Waals surface area contributed by atoms with Gasteiger partial charge in [-0.2, -0.15) is 13.2 Å². The summed E-state index contributed by atoms with van der Waals surface area (Å²) < 4.78 is 35.9. The van der Waals surface area contributed by atoms with Crippen molar-refractivity contribution in [1.29, 1.82) is 0 Å². The van der Waals surface area contributed by atoms with E-state index in [0.717, 1.165) is 31.2 Å². The average Bonchev–Trinajstić information content (AvgIpc) is 3.26. The van der Waals surface area contributed by atoms with Crippen molar-refractivity contribution in [3.05, 3.63) is 41.7 Å². The summed E-state index contributed by atoms with van der Waals surface area (Å²) in [6.07, 6.45) is -1.23. The number of carbonyl (C=O) groups is 2. The molecule has 166 valence electrons. The highest BCUT2D eigenvalue weighted by Gasteiger charge is 2.38. The Morgan fingerprint density at radius 3 is 2.43 bits per heavy atom. The number of hydrogen-bond acceptors (Lipinski definition) is 4. The molecule has 0 unspecified atom stereocenters. The minimum absolute atomic E-state index is 0.0765. The number of amides is 1. The van der Waals surface area contributed by atoms with E-state index in [1.54, 1.807) is 0 Å². The van der Waals surface area contributed by atoms with Gasteiger partial charge in [0.15, 0.2) is 0 Å². The third kappa shape index (κ3) is 5.62. The molecule has 0 fully saturated rings. The van der Waals surface area contributed by atoms with Gasteiger partial charge in [0.2, 0.25) is 0 Å². The zero-order chi connectivity index (χ0) is 22.6. The molecular weight excluding hydrogens is 403 g/mol. The first-order valence-corrected chi connectivity index (χ1v) is 9.36. The van der Waals surface area contributed by atoms with Crippen molar-refractivity contribution in [2.75, 3.05) is 13.6 Å². The lowest BCUT2D eigenvalue weighted by Crippen LogP contribution is -2.39. The molecule has 30 heavy (non-hydrogen) atoms. The SMILES string of the molecule is CC(C)N(C)Cc1cnc2n1CCN(C(=O)c1cccn1C)C2.O=C(O)C(F)(F)F. The van der Waals surface area contributed by atoms with Gasteiger partial charge in [0.1, 0.15) is 11.5 Å². The number of hydrogen-bond donors (Lipinski definition) is 1. The van der Waals surface area contributed by atoms with Crippen molar-refractivity contribution >= 4 is 11.9 Å². The number of aliphatic carboxylic acids is 1. The Labute approximate surface area is 172 Å². The summed E-state index contributed by atoms with van der Waals surface area (Å²) in [7, 11) is 4.02. The van der Waals surface area contributed by atoms with E-state index in [1.165, 1.54) is 5.69 Å². The topological polar surface area (TPSA) is 83.6 Å². The Morgan fingerprint density at radius 1 is 1.30 bits per heavy atom. The second-order valence-corrected chi connectivity index (χ2v) is 7.36. The maximum atomic E-state index is 12.6. The molecule has 3 heterocycles. The monoisotopic (exact) mass is 429 g/mol. The Hall–Kier alpha value is -2.82. The van der Waals surface area contributed by atoms with Crippen molar-refractivity contribution < 1.29 is 27.9 Å². The van der Waals surface area contributed by atoms with Crippen molar-refractivity contribution in [3.63, 3.8) is 0 Å². The third-order valence-electron chi connectivity index (χ3n) is 4.93. The van der Waals surface area contributed by atoms with Gasteiger partial charge in [-0.3, -0.25) is 9.69 Å². The molecule has 1 N–H and O–H groups in total. The molecule has 2 aromatic rings. The van der Waals surface area contributed by atoms with Gasteiger partial charge in [-0.1, -0.05) is 0 Å². The molecule has 11 heteroatoms. The number of aryl methyl sites for hydroxylation is 1. The summed E-state index contributed by atoms with van der Waals surface area (Å²) in [4.78, 5) is 30.2. The van der Waals surface area contributed by atoms with Gasteiger partial charge in [-0.05, 0) is 33.0 Å². The lowest BCUT2D eigenvalue weighted by atomic mass is 10.2. The number of alkyl halides is 3. The van der Waals surface area contributed by atoms with Crippen molar-refractivity contribution in [2.45, 2.75) is 45.7 Å². The second kappa shape index (κ2) is 9.33. The predicted molar refractivity (Wildman–Crippen MR) is 103 cm³/mol. The first kappa shape index (κ1) is 23.5. The number of imidazole rings is 1. The van der Waals surface area contributed by atoms with E-state index < -0.39 is 12.1 Å². The van der Waals surface area contributed by atoms with Crippen LogP contribution in [0.1, 0.15) is 35.9 Å². The van der Waals surface area contributed by atoms with Crippen LogP contribution in [0.15, 0.2) is 24.5 Å². The van der Waals surface area contributed by atoms with Crippen LogP contribution in [-0.4, -0.2) is 66.7 Å². The van der Waals surface area contributed by atoms with Crippen LogP contribution in [0.3, 0.4) is 0 Å². The van der Waals surface area contributed by atoms with E-state index in [-0.39, 0.29) is 5.91 Å². The fraction of sp³-hybridized carbons (Fsp3) is 0.526. The Balaban J connectivity index is 0.000000396. The number of fused-ring (bicyclic) bond motifs is 1. The molecule has 0 radical (unpaired) electrons. The maximum Gasteiger partial charge on any atom is 0.490 e. The first-order valence-electron chi connectivity index (χ1n) is 9.36. The lowest BCUT2D eigenvalue weighted by Gasteiger charge is -2.29. The second-order valence-electron chi connectivity index (χ2n) is 7.36. The van der Waals surface area contributed by atoms with E-state index in [9.17, 15) is 18.0 Å². The van der Waals surface area contributed by atoms with Crippen molar-refractivity contribution in [2.24, 2.45) is 7.05 Å². The Bertz CT molecular complexity index is 888. The van der Waals surface area contributed by atoms with Crippen molar-refractivity contribution in [3.8, 4) is 0 Å². The lowest BCUT2D eigenvalue weighted by molar-refractivity contribution is -0.192. The quantitative estimate of drug-likeness (QED) is 0.807. The van der Waals surface area contributed by atoms with Crippen LogP contribution in [0.25, 0.3) is 0 Å². The number of carbonyl (C=O) groups excluding carboxylic acids is 1. The van der Waals surface area contributed by atoms with Gasteiger partial charge in [0.05, 0.1) is 12.2 Å². The standard InChI is InChI=1S/C17H25N5O.C2HF3O2/c1-13(2)20(4)11-14-10-18-16-12-21(8-9-22(14)16)17(23)15-6-5-7-19(15)3;3-2(4,5)1(6)7/h5-7,10,13H,8-9,11-12H2,1-4H3;(H,6,7). The molecule has 1 amide bonds. The molecule has 0 atom stereocenters. The van der Waals surface area contributed by atoms with Gasteiger partial charge in [0, 0.05) is 45.1 Å². The summed E-state index contributed by atoms with van der Waals surface area (Å²) >= 11 is 0. The maximum absolute atomic E-state index is 12.6. The molecule has 1 aliphatic rings. The van der Waals surface area contributed by atoms with Crippen LogP contribution >= 0.6 is 0 Å². The molecular formula is C19H26F3N5O3. The molecule has 0 aliphatic carbocycles. The zero-order valence-corrected chi connectivity index (χ0v) is 17.3. The molecule has 0 aromatic carbocycles. The predicted octanol–water partition coefficient (Wildman–Crippen LogP) is 2.35. The summed E-state index contributed by atoms with van der Waals surface area (Å²) in [5, 5.41) is 7.12. The third-order valence-corrected chi connectivity index (χ3v) is 4.93. The largest absolute Gasteiger partial charge is 0.490 e. The zero-order valence-electron chi connectivity index (χ0n) is 17.3. The Kier molecular flexibility index (Phi) is 7.30. The van der Waals surface area contributed by atoms with E-state index in [0.29, 0.717) is 12.6 Å². The van der Waals surface area contributed by atoms with Crippen LogP contribution in [0, 0.1) is 0 Å². The number of aromatic nitrogens is 3. The molecule has 0 saturated heterocycles. The highest BCUT2D eigenvalue weighted by atomic mass is 19.4. The summed E-state index contributed by atoms with van der Waals surface area (Å²) in [5.74, 6) is -1.70. The van der Waals surface area contributed by atoms with Gasteiger partial charge >= 0.3 is 12.1 Å². The van der Waals surface area contributed by atoms with Crippen molar-refractivity contribution in [1.82, 2.24) is 23.9 Å². The van der Waals surface area contributed by atoms with Gasteiger partial charge in [-0.25, -0.2) is 9.78 Å². The summed E-state index contributed by atoms with van der Waals surface area (Å²) in [6, 6.07) is 4.27. The van der Waals surface area contributed by atoms with Crippen LogP contribution in [0.4, 0.5) is 13.2 Å². The van der Waals surface area contributed by atoms with Crippen LogP contribution < -0.4 is 0 Å². The normalized spacial score (nSPS) is 13.8. The van der Waals surface area contributed by atoms with Gasteiger partial charge in [0.25, 0.3) is 5.91 Å².